The van der Waals surface area contributed by atoms with Crippen molar-refractivity contribution >= 4 is 28.3 Å². The maximum Gasteiger partial charge on any atom is 0.416 e. The molecule has 136 valence electrons. The van der Waals surface area contributed by atoms with Gasteiger partial charge in [0.25, 0.3) is 5.91 Å². The van der Waals surface area contributed by atoms with Crippen molar-refractivity contribution in [1.29, 1.82) is 0 Å². The number of carbonyl (C=O) groups excluding carboxylic acids is 1. The zero-order valence-corrected chi connectivity index (χ0v) is 14.3. The highest BCUT2D eigenvalue weighted by Gasteiger charge is 2.32. The van der Waals surface area contributed by atoms with Crippen LogP contribution in [0.25, 0.3) is 11.0 Å². The molecule has 10 heteroatoms. The smallest absolute Gasteiger partial charge is 0.335 e. The Morgan fingerprint density at radius 1 is 1.31 bits per heavy atom. The SMILES string of the molecule is O=C(c1cscn1)N1CCC[C@H](n2nnc3cc(C(F)(F)F)ccc32)C1. The first-order valence-corrected chi connectivity index (χ1v) is 8.97. The topological polar surface area (TPSA) is 63.9 Å². The fourth-order valence-electron chi connectivity index (χ4n) is 3.21. The van der Waals surface area contributed by atoms with E-state index in [2.05, 4.69) is 15.3 Å². The van der Waals surface area contributed by atoms with Gasteiger partial charge in [0.1, 0.15) is 11.2 Å². The fourth-order valence-corrected chi connectivity index (χ4v) is 3.73. The van der Waals surface area contributed by atoms with Gasteiger partial charge in [0.15, 0.2) is 0 Å². The molecule has 26 heavy (non-hydrogen) atoms. The van der Waals surface area contributed by atoms with Gasteiger partial charge in [0, 0.05) is 18.5 Å². The normalized spacial score (nSPS) is 18.4. The summed E-state index contributed by atoms with van der Waals surface area (Å²) in [7, 11) is 0. The number of amides is 1. The summed E-state index contributed by atoms with van der Waals surface area (Å²) in [5.74, 6) is -0.139. The lowest BCUT2D eigenvalue weighted by molar-refractivity contribution is -0.137. The molecule has 0 N–H and O–H groups in total. The highest BCUT2D eigenvalue weighted by Crippen LogP contribution is 2.32. The van der Waals surface area contributed by atoms with Crippen molar-refractivity contribution in [1.82, 2.24) is 24.9 Å². The molecular formula is C16H14F3N5OS. The third kappa shape index (κ3) is 3.05. The number of carbonyl (C=O) groups is 1. The van der Waals surface area contributed by atoms with Crippen LogP contribution in [0.3, 0.4) is 0 Å². The predicted molar refractivity (Wildman–Crippen MR) is 88.8 cm³/mol. The van der Waals surface area contributed by atoms with E-state index in [-0.39, 0.29) is 17.5 Å². The number of aromatic nitrogens is 4. The van der Waals surface area contributed by atoms with Crippen molar-refractivity contribution in [3.63, 3.8) is 0 Å². The summed E-state index contributed by atoms with van der Waals surface area (Å²) in [6.07, 6.45) is -2.86. The van der Waals surface area contributed by atoms with Gasteiger partial charge in [0.05, 0.1) is 22.6 Å². The number of hydrogen-bond donors (Lipinski definition) is 0. The minimum absolute atomic E-state index is 0.131. The number of likely N-dealkylation sites (tertiary alicyclic amines) is 1. The molecule has 0 radical (unpaired) electrons. The molecule has 0 saturated carbocycles. The minimum Gasteiger partial charge on any atom is -0.335 e. The number of piperidine rings is 1. The molecule has 1 aromatic carbocycles. The van der Waals surface area contributed by atoms with Crippen LogP contribution in [-0.2, 0) is 6.18 Å². The third-order valence-electron chi connectivity index (χ3n) is 4.48. The van der Waals surface area contributed by atoms with E-state index in [1.165, 1.54) is 17.4 Å². The zero-order chi connectivity index (χ0) is 18.3. The van der Waals surface area contributed by atoms with Gasteiger partial charge in [-0.25, -0.2) is 9.67 Å². The molecule has 0 unspecified atom stereocenters. The minimum atomic E-state index is -4.42. The highest BCUT2D eigenvalue weighted by atomic mass is 32.1. The number of thiazole rings is 1. The Kier molecular flexibility index (Phi) is 4.14. The summed E-state index contributed by atoms with van der Waals surface area (Å²) in [6.45, 7) is 1.05. The first-order chi connectivity index (χ1) is 12.4. The van der Waals surface area contributed by atoms with Crippen LogP contribution in [0.2, 0.25) is 0 Å². The van der Waals surface area contributed by atoms with Gasteiger partial charge in [0.2, 0.25) is 0 Å². The number of benzene rings is 1. The number of hydrogen-bond acceptors (Lipinski definition) is 5. The van der Waals surface area contributed by atoms with Crippen LogP contribution in [0.4, 0.5) is 13.2 Å². The van der Waals surface area contributed by atoms with E-state index in [4.69, 9.17) is 0 Å². The third-order valence-corrected chi connectivity index (χ3v) is 5.07. The van der Waals surface area contributed by atoms with Crippen LogP contribution in [-0.4, -0.2) is 43.9 Å². The van der Waals surface area contributed by atoms with Gasteiger partial charge in [-0.05, 0) is 31.0 Å². The molecular weight excluding hydrogens is 367 g/mol. The Balaban J connectivity index is 1.60. The molecule has 0 spiro atoms. The maximum absolute atomic E-state index is 12.8. The van der Waals surface area contributed by atoms with Crippen LogP contribution in [0.15, 0.2) is 29.1 Å². The molecule has 3 heterocycles. The van der Waals surface area contributed by atoms with E-state index >= 15 is 0 Å². The average molecular weight is 381 g/mol. The summed E-state index contributed by atoms with van der Waals surface area (Å²) in [5.41, 5.74) is 2.00. The zero-order valence-electron chi connectivity index (χ0n) is 13.5. The standard InChI is InChI=1S/C16H14F3N5OS/c17-16(18,19)10-3-4-14-12(6-10)21-22-24(14)11-2-1-5-23(7-11)15(25)13-8-26-9-20-13/h3-4,6,8-9,11H,1-2,5,7H2/t11-/m0/s1. The lowest BCUT2D eigenvalue weighted by Crippen LogP contribution is -2.41. The molecule has 1 saturated heterocycles. The van der Waals surface area contributed by atoms with Crippen molar-refractivity contribution in [2.75, 3.05) is 13.1 Å². The number of halogens is 3. The van der Waals surface area contributed by atoms with Crippen LogP contribution in [0.1, 0.15) is 34.9 Å². The summed E-state index contributed by atoms with van der Waals surface area (Å²) < 4.78 is 40.2. The summed E-state index contributed by atoms with van der Waals surface area (Å²) in [4.78, 5) is 18.3. The number of rotatable bonds is 2. The van der Waals surface area contributed by atoms with Gasteiger partial charge in [-0.3, -0.25) is 4.79 Å². The molecule has 1 fully saturated rings. The van der Waals surface area contributed by atoms with Gasteiger partial charge in [-0.15, -0.1) is 16.4 Å². The maximum atomic E-state index is 12.8. The Morgan fingerprint density at radius 3 is 2.88 bits per heavy atom. The van der Waals surface area contributed by atoms with Crippen LogP contribution < -0.4 is 0 Å². The molecule has 4 rings (SSSR count). The first kappa shape index (κ1) is 17.0. The van der Waals surface area contributed by atoms with E-state index in [9.17, 15) is 18.0 Å². The van der Waals surface area contributed by atoms with Crippen molar-refractivity contribution < 1.29 is 18.0 Å². The Morgan fingerprint density at radius 2 is 2.15 bits per heavy atom. The average Bonchev–Trinajstić information content (AvgIpc) is 3.29. The highest BCUT2D eigenvalue weighted by molar-refractivity contribution is 7.07. The van der Waals surface area contributed by atoms with E-state index in [0.717, 1.165) is 25.0 Å². The molecule has 6 nitrogen and oxygen atoms in total. The lowest BCUT2D eigenvalue weighted by atomic mass is 10.0. The largest absolute Gasteiger partial charge is 0.416 e. The first-order valence-electron chi connectivity index (χ1n) is 8.03. The van der Waals surface area contributed by atoms with Gasteiger partial charge >= 0.3 is 6.18 Å². The van der Waals surface area contributed by atoms with Crippen LogP contribution >= 0.6 is 11.3 Å². The summed E-state index contributed by atoms with van der Waals surface area (Å²) in [5, 5.41) is 9.64. The van der Waals surface area contributed by atoms with Crippen molar-refractivity contribution in [2.45, 2.75) is 25.1 Å². The van der Waals surface area contributed by atoms with Gasteiger partial charge in [-0.2, -0.15) is 13.2 Å². The van der Waals surface area contributed by atoms with E-state index < -0.39 is 11.7 Å². The Hall–Kier alpha value is -2.49. The molecule has 0 bridgehead atoms. The van der Waals surface area contributed by atoms with Crippen molar-refractivity contribution in [3.8, 4) is 0 Å². The van der Waals surface area contributed by atoms with Gasteiger partial charge in [-0.1, -0.05) is 5.21 Å². The van der Waals surface area contributed by atoms with Crippen molar-refractivity contribution in [2.24, 2.45) is 0 Å². The quantitative estimate of drug-likeness (QED) is 0.683. The monoisotopic (exact) mass is 381 g/mol. The van der Waals surface area contributed by atoms with Gasteiger partial charge < -0.3 is 4.90 Å². The van der Waals surface area contributed by atoms with Crippen LogP contribution in [0.5, 0.6) is 0 Å². The fraction of sp³-hybridized carbons (Fsp3) is 0.375. The lowest BCUT2D eigenvalue weighted by Gasteiger charge is -2.32. The second-order valence-corrected chi connectivity index (χ2v) is 6.87. The second kappa shape index (κ2) is 6.35. The number of alkyl halides is 3. The number of fused-ring (bicyclic) bond motifs is 1. The Bertz CT molecular complexity index is 937. The molecule has 1 atom stereocenters. The predicted octanol–water partition coefficient (Wildman–Crippen LogP) is 3.38. The molecule has 3 aromatic rings. The van der Waals surface area contributed by atoms with Crippen LogP contribution in [0, 0.1) is 0 Å². The molecule has 1 aliphatic rings. The molecule has 2 aromatic heterocycles. The van der Waals surface area contributed by atoms with Crippen molar-refractivity contribution in [3.05, 3.63) is 40.3 Å². The van der Waals surface area contributed by atoms with E-state index in [0.29, 0.717) is 24.3 Å². The molecule has 1 amide bonds. The van der Waals surface area contributed by atoms with E-state index in [1.807, 2.05) is 0 Å². The molecule has 0 aliphatic carbocycles. The van der Waals surface area contributed by atoms with E-state index in [1.54, 1.807) is 20.5 Å². The number of nitrogens with zero attached hydrogens (tertiary/aromatic N) is 5. The summed E-state index contributed by atoms with van der Waals surface area (Å²) in [6, 6.07) is 3.29. The second-order valence-electron chi connectivity index (χ2n) is 6.16. The Labute approximate surface area is 150 Å². The summed E-state index contributed by atoms with van der Waals surface area (Å²) >= 11 is 1.36. The molecule has 1 aliphatic heterocycles.